The Kier molecular flexibility index (Phi) is 8.03. The number of rotatable bonds is 9. The summed E-state index contributed by atoms with van der Waals surface area (Å²) in [5.74, 6) is -0.772. The minimum Gasteiger partial charge on any atom is -0.503 e. The predicted molar refractivity (Wildman–Crippen MR) is 111 cm³/mol. The molecule has 8 heteroatoms. The first kappa shape index (κ1) is 23.0. The van der Waals surface area contributed by atoms with Crippen LogP contribution in [0.5, 0.6) is 17.2 Å². The Morgan fingerprint density at radius 1 is 1.07 bits per heavy atom. The van der Waals surface area contributed by atoms with Gasteiger partial charge < -0.3 is 24.6 Å². The minimum absolute atomic E-state index is 0.0927. The van der Waals surface area contributed by atoms with Gasteiger partial charge in [0.2, 0.25) is 0 Å². The van der Waals surface area contributed by atoms with Gasteiger partial charge in [-0.1, -0.05) is 32.0 Å². The van der Waals surface area contributed by atoms with Crippen molar-refractivity contribution in [1.82, 2.24) is 10.3 Å². The summed E-state index contributed by atoms with van der Waals surface area (Å²) in [4.78, 5) is 28.4. The van der Waals surface area contributed by atoms with Crippen LogP contribution in [0.2, 0.25) is 0 Å². The van der Waals surface area contributed by atoms with Crippen molar-refractivity contribution in [2.75, 3.05) is 20.8 Å². The summed E-state index contributed by atoms with van der Waals surface area (Å²) in [5, 5.41) is 12.4. The largest absolute Gasteiger partial charge is 0.503 e. The van der Waals surface area contributed by atoms with Crippen LogP contribution in [0.15, 0.2) is 36.5 Å². The van der Waals surface area contributed by atoms with E-state index in [2.05, 4.69) is 10.3 Å². The van der Waals surface area contributed by atoms with Crippen LogP contribution in [-0.4, -0.2) is 48.8 Å². The maximum Gasteiger partial charge on any atom is 0.325 e. The molecule has 0 spiro atoms. The number of pyridine rings is 1. The average Bonchev–Trinajstić information content (AvgIpc) is 2.72. The zero-order chi connectivity index (χ0) is 22.3. The van der Waals surface area contributed by atoms with Gasteiger partial charge in [-0.15, -0.1) is 0 Å². The molecule has 0 saturated heterocycles. The highest BCUT2D eigenvalue weighted by Crippen LogP contribution is 2.35. The number of carbonyl (C=O) groups excluding carboxylic acids is 2. The normalized spacial score (nSPS) is 12.7. The van der Waals surface area contributed by atoms with Crippen molar-refractivity contribution in [1.29, 1.82) is 0 Å². The van der Waals surface area contributed by atoms with E-state index in [0.29, 0.717) is 0 Å². The molecule has 0 aliphatic rings. The molecule has 0 bridgehead atoms. The Labute approximate surface area is 176 Å². The number of nitrogens with one attached hydrogen (secondary N) is 1. The number of aromatic hydroxyl groups is 1. The van der Waals surface area contributed by atoms with E-state index in [9.17, 15) is 14.7 Å². The van der Waals surface area contributed by atoms with Crippen LogP contribution in [0.3, 0.4) is 0 Å². The van der Waals surface area contributed by atoms with Crippen molar-refractivity contribution in [3.63, 3.8) is 0 Å². The van der Waals surface area contributed by atoms with Crippen LogP contribution in [0.25, 0.3) is 0 Å². The highest BCUT2D eigenvalue weighted by molar-refractivity contribution is 5.97. The standard InChI is InChI=1S/C22H28N2O6/c1-13(2)19(15-8-6-7-9-16(15)28-4)14(3)30-18(25)12-24-22(27)20-21(26)17(29-5)10-11-23-20/h6-11,13-14,19,26H,12H2,1-5H3,(H,24,27)/t14?,19-/m1/s1. The maximum atomic E-state index is 12.3. The lowest BCUT2D eigenvalue weighted by Gasteiger charge is -2.29. The van der Waals surface area contributed by atoms with Gasteiger partial charge >= 0.3 is 5.97 Å². The quantitative estimate of drug-likeness (QED) is 0.605. The first-order valence-corrected chi connectivity index (χ1v) is 9.62. The Bertz CT molecular complexity index is 884. The molecule has 8 nitrogen and oxygen atoms in total. The molecule has 2 aromatic rings. The molecule has 1 unspecified atom stereocenters. The molecule has 30 heavy (non-hydrogen) atoms. The summed E-state index contributed by atoms with van der Waals surface area (Å²) in [6, 6.07) is 9.04. The van der Waals surface area contributed by atoms with E-state index in [0.717, 1.165) is 11.3 Å². The highest BCUT2D eigenvalue weighted by Gasteiger charge is 2.28. The van der Waals surface area contributed by atoms with Crippen molar-refractivity contribution >= 4 is 11.9 Å². The lowest BCUT2D eigenvalue weighted by molar-refractivity contribution is -0.148. The summed E-state index contributed by atoms with van der Waals surface area (Å²) in [6.07, 6.45) is 0.878. The molecule has 2 rings (SSSR count). The smallest absolute Gasteiger partial charge is 0.325 e. The zero-order valence-electron chi connectivity index (χ0n) is 17.8. The van der Waals surface area contributed by atoms with E-state index in [1.54, 1.807) is 7.11 Å². The number of nitrogens with zero attached hydrogens (tertiary/aromatic N) is 1. The number of para-hydroxylation sites is 1. The van der Waals surface area contributed by atoms with Crippen LogP contribution < -0.4 is 14.8 Å². The molecular weight excluding hydrogens is 388 g/mol. The van der Waals surface area contributed by atoms with Crippen LogP contribution >= 0.6 is 0 Å². The predicted octanol–water partition coefficient (Wildman–Crippen LogP) is 2.91. The van der Waals surface area contributed by atoms with Crippen molar-refractivity contribution in [2.45, 2.75) is 32.8 Å². The lowest BCUT2D eigenvalue weighted by Crippen LogP contribution is -2.34. The Morgan fingerprint density at radius 3 is 2.37 bits per heavy atom. The summed E-state index contributed by atoms with van der Waals surface area (Å²) in [7, 11) is 2.97. The highest BCUT2D eigenvalue weighted by atomic mass is 16.5. The molecule has 0 fully saturated rings. The van der Waals surface area contributed by atoms with Crippen LogP contribution in [0, 0.1) is 5.92 Å². The summed E-state index contributed by atoms with van der Waals surface area (Å²) >= 11 is 0. The molecule has 0 aliphatic heterocycles. The van der Waals surface area contributed by atoms with Gasteiger partial charge in [-0.3, -0.25) is 9.59 Å². The van der Waals surface area contributed by atoms with E-state index in [4.69, 9.17) is 14.2 Å². The number of amides is 1. The van der Waals surface area contributed by atoms with Gasteiger partial charge in [0.25, 0.3) is 5.91 Å². The lowest BCUT2D eigenvalue weighted by atomic mass is 9.84. The van der Waals surface area contributed by atoms with E-state index in [1.165, 1.54) is 19.4 Å². The number of carbonyl (C=O) groups is 2. The maximum absolute atomic E-state index is 12.3. The summed E-state index contributed by atoms with van der Waals surface area (Å²) in [5.41, 5.74) is 0.717. The number of hydrogen-bond acceptors (Lipinski definition) is 7. The second kappa shape index (κ2) is 10.5. The fraction of sp³-hybridized carbons (Fsp3) is 0.409. The Hall–Kier alpha value is -3.29. The minimum atomic E-state index is -0.707. The van der Waals surface area contributed by atoms with Gasteiger partial charge in [0, 0.05) is 23.7 Å². The van der Waals surface area contributed by atoms with Gasteiger partial charge in [-0.2, -0.15) is 0 Å². The third-order valence-corrected chi connectivity index (χ3v) is 4.75. The number of benzene rings is 1. The van der Waals surface area contributed by atoms with Crippen LogP contribution in [0.1, 0.15) is 42.7 Å². The SMILES string of the molecule is COc1ccccc1[C@H](C(C)C)C(C)OC(=O)CNC(=O)c1nccc(OC)c1O. The van der Waals surface area contributed by atoms with E-state index in [1.807, 2.05) is 45.0 Å². The van der Waals surface area contributed by atoms with E-state index < -0.39 is 23.7 Å². The van der Waals surface area contributed by atoms with Crippen molar-refractivity contribution < 1.29 is 28.9 Å². The molecule has 2 N–H and O–H groups in total. The van der Waals surface area contributed by atoms with E-state index in [-0.39, 0.29) is 29.8 Å². The summed E-state index contributed by atoms with van der Waals surface area (Å²) < 4.78 is 16.0. The molecule has 1 aromatic heterocycles. The Morgan fingerprint density at radius 2 is 1.73 bits per heavy atom. The molecule has 1 aromatic carbocycles. The first-order valence-electron chi connectivity index (χ1n) is 9.62. The fourth-order valence-corrected chi connectivity index (χ4v) is 3.42. The topological polar surface area (TPSA) is 107 Å². The fourth-order valence-electron chi connectivity index (χ4n) is 3.42. The van der Waals surface area contributed by atoms with Gasteiger partial charge in [-0.25, -0.2) is 4.98 Å². The van der Waals surface area contributed by atoms with Crippen molar-refractivity contribution in [3.8, 4) is 17.2 Å². The molecule has 162 valence electrons. The van der Waals surface area contributed by atoms with Gasteiger partial charge in [0.15, 0.2) is 17.2 Å². The monoisotopic (exact) mass is 416 g/mol. The molecular formula is C22H28N2O6. The second-order valence-corrected chi connectivity index (χ2v) is 7.10. The van der Waals surface area contributed by atoms with E-state index >= 15 is 0 Å². The molecule has 0 aliphatic carbocycles. The summed E-state index contributed by atoms with van der Waals surface area (Å²) in [6.45, 7) is 5.53. The molecule has 2 atom stereocenters. The van der Waals surface area contributed by atoms with Crippen LogP contribution in [-0.2, 0) is 9.53 Å². The zero-order valence-corrected chi connectivity index (χ0v) is 17.8. The number of hydrogen-bond donors (Lipinski definition) is 2. The number of methoxy groups -OCH3 is 2. The average molecular weight is 416 g/mol. The van der Waals surface area contributed by atoms with Crippen molar-refractivity contribution in [2.24, 2.45) is 5.92 Å². The molecule has 0 radical (unpaired) electrons. The number of aromatic nitrogens is 1. The van der Waals surface area contributed by atoms with Crippen LogP contribution in [0.4, 0.5) is 0 Å². The Balaban J connectivity index is 2.03. The second-order valence-electron chi connectivity index (χ2n) is 7.10. The molecule has 1 amide bonds. The third-order valence-electron chi connectivity index (χ3n) is 4.75. The van der Waals surface area contributed by atoms with Crippen molar-refractivity contribution in [3.05, 3.63) is 47.8 Å². The molecule has 1 heterocycles. The molecule has 0 saturated carbocycles. The third kappa shape index (κ3) is 5.40. The van der Waals surface area contributed by atoms with Gasteiger partial charge in [0.05, 0.1) is 14.2 Å². The number of esters is 1. The number of ether oxygens (including phenoxy) is 3. The first-order chi connectivity index (χ1) is 14.3. The van der Waals surface area contributed by atoms with Gasteiger partial charge in [-0.05, 0) is 18.9 Å². The van der Waals surface area contributed by atoms with Gasteiger partial charge in [0.1, 0.15) is 18.4 Å².